The van der Waals surface area contributed by atoms with Crippen molar-refractivity contribution in [3.05, 3.63) is 42.5 Å². The predicted octanol–water partition coefficient (Wildman–Crippen LogP) is 1.91. The van der Waals surface area contributed by atoms with Crippen molar-refractivity contribution in [3.63, 3.8) is 0 Å². The molecule has 1 aromatic rings. The van der Waals surface area contributed by atoms with E-state index in [1.165, 1.54) is 0 Å². The third-order valence-corrected chi connectivity index (χ3v) is 2.45. The van der Waals surface area contributed by atoms with Crippen LogP contribution < -0.4 is 4.74 Å². The molecule has 2 atom stereocenters. The van der Waals surface area contributed by atoms with Crippen LogP contribution in [0.3, 0.4) is 0 Å². The quantitative estimate of drug-likeness (QED) is 0.723. The van der Waals surface area contributed by atoms with Gasteiger partial charge in [-0.25, -0.2) is 0 Å². The predicted molar refractivity (Wildman–Crippen MR) is 63.3 cm³/mol. The summed E-state index contributed by atoms with van der Waals surface area (Å²) >= 11 is 0. The Morgan fingerprint density at radius 2 is 2.00 bits per heavy atom. The van der Waals surface area contributed by atoms with E-state index in [1.54, 1.807) is 18.2 Å². The van der Waals surface area contributed by atoms with Gasteiger partial charge in [-0.2, -0.15) is 0 Å². The summed E-state index contributed by atoms with van der Waals surface area (Å²) in [6.45, 7) is 5.84. The smallest absolute Gasteiger partial charge is 0.119 e. The molecule has 0 amide bonds. The van der Waals surface area contributed by atoms with Crippen LogP contribution >= 0.6 is 0 Å². The highest BCUT2D eigenvalue weighted by Gasteiger charge is 2.12. The summed E-state index contributed by atoms with van der Waals surface area (Å²) in [5, 5.41) is 18.5. The van der Waals surface area contributed by atoms with E-state index >= 15 is 0 Å². The van der Waals surface area contributed by atoms with Gasteiger partial charge in [-0.05, 0) is 17.7 Å². The number of aliphatic hydroxyl groups is 2. The zero-order chi connectivity index (χ0) is 12.0. The number of ether oxygens (including phenoxy) is 1. The zero-order valence-corrected chi connectivity index (χ0v) is 9.47. The average Bonchev–Trinajstić information content (AvgIpc) is 2.35. The average molecular weight is 222 g/mol. The Morgan fingerprint density at radius 3 is 2.50 bits per heavy atom. The molecule has 0 saturated carbocycles. The summed E-state index contributed by atoms with van der Waals surface area (Å²) in [6, 6.07) is 7.20. The van der Waals surface area contributed by atoms with Crippen LogP contribution in [-0.2, 0) is 0 Å². The van der Waals surface area contributed by atoms with Crippen LogP contribution in [0.2, 0.25) is 0 Å². The number of aliphatic hydroxyl groups excluding tert-OH is 2. The lowest BCUT2D eigenvalue weighted by Crippen LogP contribution is -2.06. The van der Waals surface area contributed by atoms with Crippen molar-refractivity contribution >= 4 is 0 Å². The molecule has 2 N–H and O–H groups in total. The lowest BCUT2D eigenvalue weighted by atomic mass is 9.98. The lowest BCUT2D eigenvalue weighted by Gasteiger charge is -2.15. The van der Waals surface area contributed by atoms with Crippen LogP contribution in [-0.4, -0.2) is 23.4 Å². The van der Waals surface area contributed by atoms with Crippen LogP contribution in [0.15, 0.2) is 36.9 Å². The van der Waals surface area contributed by atoms with E-state index < -0.39 is 6.10 Å². The second-order valence-electron chi connectivity index (χ2n) is 3.68. The Labute approximate surface area is 96.0 Å². The van der Waals surface area contributed by atoms with Crippen LogP contribution in [0.5, 0.6) is 5.75 Å². The topological polar surface area (TPSA) is 49.7 Å². The maximum atomic E-state index is 9.90. The molecule has 88 valence electrons. The van der Waals surface area contributed by atoms with Gasteiger partial charge in [0.25, 0.3) is 0 Å². The van der Waals surface area contributed by atoms with Crippen molar-refractivity contribution in [2.75, 3.05) is 13.2 Å². The van der Waals surface area contributed by atoms with Crippen LogP contribution in [0, 0.1) is 5.92 Å². The molecular formula is C13H18O3. The van der Waals surface area contributed by atoms with E-state index in [0.717, 1.165) is 5.56 Å². The van der Waals surface area contributed by atoms with Gasteiger partial charge in [0.15, 0.2) is 0 Å². The standard InChI is InChI=1S/C13H18O3/c1-3-10(2)13(15)11-4-6-12(7-5-11)16-9-8-14/h3-7,10,13-15H,1,8-9H2,2H3/t10-,13+/m0/s1. The molecule has 3 heteroatoms. The summed E-state index contributed by atoms with van der Waals surface area (Å²) < 4.78 is 5.22. The van der Waals surface area contributed by atoms with Crippen LogP contribution in [0.4, 0.5) is 0 Å². The molecule has 0 unspecified atom stereocenters. The highest BCUT2D eigenvalue weighted by molar-refractivity contribution is 5.29. The van der Waals surface area contributed by atoms with Crippen molar-refractivity contribution in [3.8, 4) is 5.75 Å². The maximum absolute atomic E-state index is 9.90. The SMILES string of the molecule is C=C[C@H](C)[C@@H](O)c1ccc(OCCO)cc1. The van der Waals surface area contributed by atoms with Gasteiger partial charge in [0.1, 0.15) is 12.4 Å². The van der Waals surface area contributed by atoms with Gasteiger partial charge in [-0.15, -0.1) is 6.58 Å². The summed E-state index contributed by atoms with van der Waals surface area (Å²) in [6.07, 6.45) is 1.19. The molecule has 1 rings (SSSR count). The number of hydrogen-bond donors (Lipinski definition) is 2. The van der Waals surface area contributed by atoms with Crippen molar-refractivity contribution in [2.45, 2.75) is 13.0 Å². The monoisotopic (exact) mass is 222 g/mol. The third-order valence-electron chi connectivity index (χ3n) is 2.45. The molecule has 0 radical (unpaired) electrons. The molecule has 0 heterocycles. The molecule has 0 aromatic heterocycles. The number of benzene rings is 1. The molecule has 0 aliphatic heterocycles. The summed E-state index contributed by atoms with van der Waals surface area (Å²) in [5.74, 6) is 0.709. The summed E-state index contributed by atoms with van der Waals surface area (Å²) in [7, 11) is 0. The summed E-state index contributed by atoms with van der Waals surface area (Å²) in [5.41, 5.74) is 0.837. The van der Waals surface area contributed by atoms with Gasteiger partial charge >= 0.3 is 0 Å². The maximum Gasteiger partial charge on any atom is 0.119 e. The van der Waals surface area contributed by atoms with Crippen molar-refractivity contribution in [1.29, 1.82) is 0 Å². The second-order valence-corrected chi connectivity index (χ2v) is 3.68. The van der Waals surface area contributed by atoms with Gasteiger partial charge in [-0.3, -0.25) is 0 Å². The minimum atomic E-state index is -0.538. The minimum Gasteiger partial charge on any atom is -0.491 e. The summed E-state index contributed by atoms with van der Waals surface area (Å²) in [4.78, 5) is 0. The van der Waals surface area contributed by atoms with E-state index in [-0.39, 0.29) is 19.1 Å². The first kappa shape index (κ1) is 12.7. The van der Waals surface area contributed by atoms with Crippen molar-refractivity contribution in [2.24, 2.45) is 5.92 Å². The zero-order valence-electron chi connectivity index (χ0n) is 9.47. The first-order valence-electron chi connectivity index (χ1n) is 5.33. The van der Waals surface area contributed by atoms with Crippen molar-refractivity contribution < 1.29 is 14.9 Å². The van der Waals surface area contributed by atoms with Gasteiger partial charge in [-0.1, -0.05) is 25.1 Å². The molecule has 0 aliphatic carbocycles. The van der Waals surface area contributed by atoms with Crippen LogP contribution in [0.1, 0.15) is 18.6 Å². The molecule has 0 fully saturated rings. The van der Waals surface area contributed by atoms with E-state index in [0.29, 0.717) is 5.75 Å². The first-order chi connectivity index (χ1) is 7.69. The molecule has 0 saturated heterocycles. The van der Waals surface area contributed by atoms with Gasteiger partial charge < -0.3 is 14.9 Å². The van der Waals surface area contributed by atoms with E-state index in [1.807, 2.05) is 19.1 Å². The molecule has 0 bridgehead atoms. The second kappa shape index (κ2) is 6.30. The van der Waals surface area contributed by atoms with E-state index in [4.69, 9.17) is 9.84 Å². The third kappa shape index (κ3) is 3.36. The Kier molecular flexibility index (Phi) is 5.02. The minimum absolute atomic E-state index is 0.00211. The van der Waals surface area contributed by atoms with E-state index in [9.17, 15) is 5.11 Å². The van der Waals surface area contributed by atoms with Gasteiger partial charge in [0.2, 0.25) is 0 Å². The number of hydrogen-bond acceptors (Lipinski definition) is 3. The highest BCUT2D eigenvalue weighted by atomic mass is 16.5. The molecule has 3 nitrogen and oxygen atoms in total. The Morgan fingerprint density at radius 1 is 1.38 bits per heavy atom. The molecule has 1 aromatic carbocycles. The van der Waals surface area contributed by atoms with Crippen molar-refractivity contribution in [1.82, 2.24) is 0 Å². The molecular weight excluding hydrogens is 204 g/mol. The normalized spacial score (nSPS) is 14.2. The fourth-order valence-electron chi connectivity index (χ4n) is 1.36. The molecule has 0 spiro atoms. The lowest BCUT2D eigenvalue weighted by molar-refractivity contribution is 0.139. The van der Waals surface area contributed by atoms with Crippen LogP contribution in [0.25, 0.3) is 0 Å². The largest absolute Gasteiger partial charge is 0.491 e. The Bertz CT molecular complexity index is 318. The first-order valence-corrected chi connectivity index (χ1v) is 5.33. The van der Waals surface area contributed by atoms with Gasteiger partial charge in [0.05, 0.1) is 12.7 Å². The fourth-order valence-corrected chi connectivity index (χ4v) is 1.36. The fraction of sp³-hybridized carbons (Fsp3) is 0.385. The molecule has 0 aliphatic rings. The highest BCUT2D eigenvalue weighted by Crippen LogP contribution is 2.24. The molecule has 16 heavy (non-hydrogen) atoms. The Hall–Kier alpha value is -1.32. The van der Waals surface area contributed by atoms with E-state index in [2.05, 4.69) is 6.58 Å². The Balaban J connectivity index is 2.66. The van der Waals surface area contributed by atoms with Gasteiger partial charge in [0, 0.05) is 5.92 Å². The number of rotatable bonds is 6.